The van der Waals surface area contributed by atoms with Crippen LogP contribution in [0.5, 0.6) is 11.5 Å². The summed E-state index contributed by atoms with van der Waals surface area (Å²) in [6.45, 7) is 1.87. The van der Waals surface area contributed by atoms with Gasteiger partial charge in [-0.05, 0) is 48.9 Å². The molecule has 0 aliphatic heterocycles. The van der Waals surface area contributed by atoms with Crippen LogP contribution in [0.15, 0.2) is 78.9 Å². The highest BCUT2D eigenvalue weighted by molar-refractivity contribution is 5.95. The Morgan fingerprint density at radius 1 is 0.900 bits per heavy atom. The lowest BCUT2D eigenvalue weighted by Crippen LogP contribution is -2.47. The van der Waals surface area contributed by atoms with E-state index < -0.39 is 23.7 Å². The first-order chi connectivity index (χ1) is 14.5. The lowest BCUT2D eigenvalue weighted by atomic mass is 10.2. The van der Waals surface area contributed by atoms with Gasteiger partial charge in [-0.2, -0.15) is 0 Å². The highest BCUT2D eigenvalue weighted by Gasteiger charge is 2.17. The molecule has 0 aliphatic carbocycles. The van der Waals surface area contributed by atoms with E-state index in [1.807, 2.05) is 30.3 Å². The first-order valence-electron chi connectivity index (χ1n) is 9.31. The molecule has 0 aromatic heterocycles. The van der Waals surface area contributed by atoms with Gasteiger partial charge in [-0.3, -0.25) is 20.4 Å². The summed E-state index contributed by atoms with van der Waals surface area (Å²) in [6.07, 6.45) is -1.00. The SMILES string of the molecule is C[C@H](Oc1ccccc1F)C(=O)NNC(=O)c1ccc(OCc2ccccc2)cc1. The summed E-state index contributed by atoms with van der Waals surface area (Å²) in [5.74, 6) is -1.12. The molecule has 0 saturated heterocycles. The number of hydrazine groups is 1. The van der Waals surface area contributed by atoms with E-state index in [0.29, 0.717) is 17.9 Å². The Hall–Kier alpha value is -3.87. The summed E-state index contributed by atoms with van der Waals surface area (Å²) in [7, 11) is 0. The van der Waals surface area contributed by atoms with Gasteiger partial charge < -0.3 is 9.47 Å². The highest BCUT2D eigenvalue weighted by atomic mass is 19.1. The molecule has 0 heterocycles. The Morgan fingerprint density at radius 3 is 2.27 bits per heavy atom. The number of carbonyl (C=O) groups is 2. The number of hydrogen-bond donors (Lipinski definition) is 2. The van der Waals surface area contributed by atoms with Crippen LogP contribution in [0, 0.1) is 5.82 Å². The zero-order valence-electron chi connectivity index (χ0n) is 16.3. The van der Waals surface area contributed by atoms with E-state index in [4.69, 9.17) is 9.47 Å². The number of para-hydroxylation sites is 1. The summed E-state index contributed by atoms with van der Waals surface area (Å²) < 4.78 is 24.5. The number of ether oxygens (including phenoxy) is 2. The maximum Gasteiger partial charge on any atom is 0.279 e. The van der Waals surface area contributed by atoms with E-state index >= 15 is 0 Å². The van der Waals surface area contributed by atoms with Gasteiger partial charge in [0.2, 0.25) is 0 Å². The molecule has 7 heteroatoms. The van der Waals surface area contributed by atoms with Gasteiger partial charge in [-0.15, -0.1) is 0 Å². The van der Waals surface area contributed by atoms with E-state index in [-0.39, 0.29) is 5.75 Å². The van der Waals surface area contributed by atoms with E-state index in [1.165, 1.54) is 25.1 Å². The Labute approximate surface area is 173 Å². The van der Waals surface area contributed by atoms with Crippen LogP contribution in [0.2, 0.25) is 0 Å². The number of rotatable bonds is 7. The van der Waals surface area contributed by atoms with Crippen molar-refractivity contribution in [1.29, 1.82) is 0 Å². The van der Waals surface area contributed by atoms with Crippen LogP contribution in [0.3, 0.4) is 0 Å². The molecule has 0 fully saturated rings. The molecule has 0 unspecified atom stereocenters. The second-order valence-corrected chi connectivity index (χ2v) is 6.43. The molecule has 0 bridgehead atoms. The van der Waals surface area contributed by atoms with E-state index in [1.54, 1.807) is 30.3 Å². The van der Waals surface area contributed by atoms with Gasteiger partial charge in [0.25, 0.3) is 11.8 Å². The Balaban J connectivity index is 1.47. The minimum absolute atomic E-state index is 0.0439. The van der Waals surface area contributed by atoms with E-state index in [9.17, 15) is 14.0 Å². The molecule has 1 atom stereocenters. The molecule has 30 heavy (non-hydrogen) atoms. The van der Waals surface area contributed by atoms with Gasteiger partial charge in [0.15, 0.2) is 17.7 Å². The van der Waals surface area contributed by atoms with Crippen molar-refractivity contribution in [3.63, 3.8) is 0 Å². The third-order valence-corrected chi connectivity index (χ3v) is 4.17. The Morgan fingerprint density at radius 2 is 1.57 bits per heavy atom. The van der Waals surface area contributed by atoms with E-state index in [0.717, 1.165) is 5.56 Å². The van der Waals surface area contributed by atoms with Crippen LogP contribution in [-0.2, 0) is 11.4 Å². The van der Waals surface area contributed by atoms with Crippen LogP contribution in [0.4, 0.5) is 4.39 Å². The summed E-state index contributed by atoms with van der Waals surface area (Å²) in [6, 6.07) is 22.0. The van der Waals surface area contributed by atoms with Crippen molar-refractivity contribution in [3.05, 3.63) is 95.8 Å². The fourth-order valence-electron chi connectivity index (χ4n) is 2.52. The smallest absolute Gasteiger partial charge is 0.279 e. The molecule has 2 N–H and O–H groups in total. The first-order valence-corrected chi connectivity index (χ1v) is 9.31. The van der Waals surface area contributed by atoms with Gasteiger partial charge in [0, 0.05) is 5.56 Å². The number of carbonyl (C=O) groups excluding carboxylic acids is 2. The van der Waals surface area contributed by atoms with Crippen molar-refractivity contribution >= 4 is 11.8 Å². The van der Waals surface area contributed by atoms with Crippen LogP contribution >= 0.6 is 0 Å². The zero-order valence-corrected chi connectivity index (χ0v) is 16.3. The zero-order chi connectivity index (χ0) is 21.3. The molecule has 3 rings (SSSR count). The summed E-state index contributed by atoms with van der Waals surface area (Å²) in [5.41, 5.74) is 5.94. The van der Waals surface area contributed by atoms with Crippen LogP contribution in [0.25, 0.3) is 0 Å². The molecule has 0 radical (unpaired) electrons. The average Bonchev–Trinajstić information content (AvgIpc) is 2.78. The van der Waals surface area contributed by atoms with Crippen LogP contribution in [-0.4, -0.2) is 17.9 Å². The van der Waals surface area contributed by atoms with Crippen molar-refractivity contribution < 1.29 is 23.5 Å². The number of halogens is 1. The molecule has 154 valence electrons. The number of nitrogens with one attached hydrogen (secondary N) is 2. The molecular weight excluding hydrogens is 387 g/mol. The largest absolute Gasteiger partial charge is 0.489 e. The summed E-state index contributed by atoms with van der Waals surface area (Å²) in [4.78, 5) is 24.3. The Kier molecular flexibility index (Phi) is 7.00. The molecule has 6 nitrogen and oxygen atoms in total. The third-order valence-electron chi connectivity index (χ3n) is 4.17. The van der Waals surface area contributed by atoms with Crippen molar-refractivity contribution in [2.75, 3.05) is 0 Å². The number of amides is 2. The lowest BCUT2D eigenvalue weighted by molar-refractivity contribution is -0.128. The standard InChI is InChI=1S/C23H21FN2O4/c1-16(30-21-10-6-5-9-20(21)24)22(27)25-26-23(28)18-11-13-19(14-12-18)29-15-17-7-3-2-4-8-17/h2-14,16H,15H2,1H3,(H,25,27)(H,26,28)/t16-/m0/s1. The second-order valence-electron chi connectivity index (χ2n) is 6.43. The monoisotopic (exact) mass is 408 g/mol. The molecule has 3 aromatic carbocycles. The molecule has 0 spiro atoms. The summed E-state index contributed by atoms with van der Waals surface area (Å²) in [5, 5.41) is 0. The van der Waals surface area contributed by atoms with Gasteiger partial charge in [-0.25, -0.2) is 4.39 Å². The van der Waals surface area contributed by atoms with Crippen LogP contribution < -0.4 is 20.3 Å². The van der Waals surface area contributed by atoms with Crippen molar-refractivity contribution in [2.24, 2.45) is 0 Å². The molecule has 2 amide bonds. The minimum Gasteiger partial charge on any atom is -0.489 e. The van der Waals surface area contributed by atoms with Crippen molar-refractivity contribution in [3.8, 4) is 11.5 Å². The fourth-order valence-corrected chi connectivity index (χ4v) is 2.52. The van der Waals surface area contributed by atoms with E-state index in [2.05, 4.69) is 10.9 Å². The normalized spacial score (nSPS) is 11.3. The molecule has 0 saturated carbocycles. The number of benzene rings is 3. The van der Waals surface area contributed by atoms with Crippen molar-refractivity contribution in [2.45, 2.75) is 19.6 Å². The van der Waals surface area contributed by atoms with Crippen molar-refractivity contribution in [1.82, 2.24) is 10.9 Å². The average molecular weight is 408 g/mol. The topological polar surface area (TPSA) is 76.7 Å². The summed E-state index contributed by atoms with van der Waals surface area (Å²) >= 11 is 0. The molecular formula is C23H21FN2O4. The maximum absolute atomic E-state index is 13.6. The lowest BCUT2D eigenvalue weighted by Gasteiger charge is -2.15. The van der Waals surface area contributed by atoms with Gasteiger partial charge in [0.05, 0.1) is 0 Å². The molecule has 0 aliphatic rings. The van der Waals surface area contributed by atoms with Gasteiger partial charge in [-0.1, -0.05) is 42.5 Å². The second kappa shape index (κ2) is 10.1. The first kappa shape index (κ1) is 20.9. The predicted octanol–water partition coefficient (Wildman–Crippen LogP) is 3.63. The van der Waals surface area contributed by atoms with Crippen LogP contribution in [0.1, 0.15) is 22.8 Å². The van der Waals surface area contributed by atoms with Gasteiger partial charge >= 0.3 is 0 Å². The predicted molar refractivity (Wildman–Crippen MR) is 109 cm³/mol. The minimum atomic E-state index is -1.00. The molecule has 3 aromatic rings. The quantitative estimate of drug-likeness (QED) is 0.586. The maximum atomic E-state index is 13.6. The van der Waals surface area contributed by atoms with Gasteiger partial charge in [0.1, 0.15) is 12.4 Å². The number of hydrogen-bond acceptors (Lipinski definition) is 4. The fraction of sp³-hybridized carbons (Fsp3) is 0.130. The highest BCUT2D eigenvalue weighted by Crippen LogP contribution is 2.17. The Bertz CT molecular complexity index is 994. The third kappa shape index (κ3) is 5.81.